The van der Waals surface area contributed by atoms with E-state index in [2.05, 4.69) is 29.6 Å². The standard InChI is InChI=1S/C27H27NO2/c1-19(22-5-3-2-4-6-22)28-27(30)26(18-29)25-15-13-24(14-16-25)23-11-9-21(10-12-23)17-20-7-8-20/h2-6,9-16,18-20,29H,7-8,17H2,1H3,(H,28,30)/t19-/m1/s1. The molecule has 0 radical (unpaired) electrons. The van der Waals surface area contributed by atoms with E-state index in [-0.39, 0.29) is 17.5 Å². The Morgan fingerprint density at radius 3 is 2.13 bits per heavy atom. The number of rotatable bonds is 7. The predicted octanol–water partition coefficient (Wildman–Crippen LogP) is 6.08. The molecule has 152 valence electrons. The predicted molar refractivity (Wildman–Crippen MR) is 122 cm³/mol. The second kappa shape index (κ2) is 9.00. The van der Waals surface area contributed by atoms with Gasteiger partial charge in [0.25, 0.3) is 5.91 Å². The van der Waals surface area contributed by atoms with Crippen LogP contribution in [0.2, 0.25) is 0 Å². The summed E-state index contributed by atoms with van der Waals surface area (Å²) in [6, 6.07) is 26.1. The lowest BCUT2D eigenvalue weighted by Crippen LogP contribution is -2.27. The fraction of sp³-hybridized carbons (Fsp3) is 0.222. The summed E-state index contributed by atoms with van der Waals surface area (Å²) in [7, 11) is 0. The zero-order chi connectivity index (χ0) is 20.9. The van der Waals surface area contributed by atoms with Crippen molar-refractivity contribution in [3.63, 3.8) is 0 Å². The summed E-state index contributed by atoms with van der Waals surface area (Å²) in [5.74, 6) is 0.584. The SMILES string of the molecule is C[C@@H](NC(=O)C(=CO)c1ccc(-c2ccc(CC3CC3)cc2)cc1)c1ccccc1. The molecule has 0 bridgehead atoms. The van der Waals surface area contributed by atoms with Crippen LogP contribution in [0.15, 0.2) is 85.1 Å². The van der Waals surface area contributed by atoms with E-state index in [0.29, 0.717) is 5.56 Å². The minimum Gasteiger partial charge on any atom is -0.515 e. The van der Waals surface area contributed by atoms with Gasteiger partial charge in [-0.25, -0.2) is 0 Å². The van der Waals surface area contributed by atoms with Gasteiger partial charge < -0.3 is 10.4 Å². The molecule has 0 aromatic heterocycles. The Bertz CT molecular complexity index is 1020. The van der Waals surface area contributed by atoms with Gasteiger partial charge in [0.15, 0.2) is 0 Å². The molecule has 0 spiro atoms. The van der Waals surface area contributed by atoms with Gasteiger partial charge in [-0.05, 0) is 59.9 Å². The molecule has 3 aromatic carbocycles. The molecule has 4 rings (SSSR count). The van der Waals surface area contributed by atoms with Crippen LogP contribution in [0, 0.1) is 5.92 Å². The Hall–Kier alpha value is -3.33. The smallest absolute Gasteiger partial charge is 0.255 e. The van der Waals surface area contributed by atoms with Crippen molar-refractivity contribution in [1.29, 1.82) is 0 Å². The van der Waals surface area contributed by atoms with Crippen molar-refractivity contribution < 1.29 is 9.90 Å². The van der Waals surface area contributed by atoms with Crippen molar-refractivity contribution >= 4 is 11.5 Å². The van der Waals surface area contributed by atoms with Gasteiger partial charge in [0.2, 0.25) is 0 Å². The number of benzene rings is 3. The Morgan fingerprint density at radius 2 is 1.57 bits per heavy atom. The first-order chi connectivity index (χ1) is 14.6. The molecule has 0 saturated heterocycles. The molecule has 2 N–H and O–H groups in total. The number of carbonyl (C=O) groups is 1. The minimum absolute atomic E-state index is 0.151. The number of aliphatic hydroxyl groups is 1. The molecule has 3 heteroatoms. The summed E-state index contributed by atoms with van der Waals surface area (Å²) < 4.78 is 0. The largest absolute Gasteiger partial charge is 0.515 e. The van der Waals surface area contributed by atoms with Crippen LogP contribution in [-0.4, -0.2) is 11.0 Å². The van der Waals surface area contributed by atoms with Gasteiger partial charge in [-0.2, -0.15) is 0 Å². The molecule has 1 amide bonds. The summed E-state index contributed by atoms with van der Waals surface area (Å²) in [6.07, 6.45) is 4.79. The van der Waals surface area contributed by atoms with Crippen LogP contribution in [0.5, 0.6) is 0 Å². The number of amides is 1. The molecule has 30 heavy (non-hydrogen) atoms. The lowest BCUT2D eigenvalue weighted by molar-refractivity contribution is -0.116. The third-order valence-corrected chi connectivity index (χ3v) is 5.73. The molecular weight excluding hydrogens is 370 g/mol. The second-order valence-electron chi connectivity index (χ2n) is 8.07. The van der Waals surface area contributed by atoms with Crippen LogP contribution < -0.4 is 5.32 Å². The molecule has 1 fully saturated rings. The van der Waals surface area contributed by atoms with Crippen molar-refractivity contribution in [2.75, 3.05) is 0 Å². The maximum Gasteiger partial charge on any atom is 0.255 e. The minimum atomic E-state index is -0.300. The summed E-state index contributed by atoms with van der Waals surface area (Å²) in [5, 5.41) is 12.7. The third kappa shape index (κ3) is 4.80. The van der Waals surface area contributed by atoms with Crippen molar-refractivity contribution in [1.82, 2.24) is 5.32 Å². The molecule has 1 atom stereocenters. The van der Waals surface area contributed by atoms with Gasteiger partial charge in [0.05, 0.1) is 17.9 Å². The normalized spacial score (nSPS) is 14.9. The summed E-state index contributed by atoms with van der Waals surface area (Å²) in [6.45, 7) is 1.93. The first-order valence-electron chi connectivity index (χ1n) is 10.5. The number of hydrogen-bond donors (Lipinski definition) is 2. The highest BCUT2D eigenvalue weighted by atomic mass is 16.2. The number of nitrogens with one attached hydrogen (secondary N) is 1. The van der Waals surface area contributed by atoms with Gasteiger partial charge in [-0.3, -0.25) is 4.79 Å². The van der Waals surface area contributed by atoms with Crippen molar-refractivity contribution in [3.05, 3.63) is 102 Å². The van der Waals surface area contributed by atoms with Crippen LogP contribution in [0.25, 0.3) is 16.7 Å². The molecule has 1 saturated carbocycles. The van der Waals surface area contributed by atoms with Gasteiger partial charge in [0, 0.05) is 0 Å². The Balaban J connectivity index is 1.44. The Morgan fingerprint density at radius 1 is 0.967 bits per heavy atom. The van der Waals surface area contributed by atoms with Gasteiger partial charge >= 0.3 is 0 Å². The molecule has 1 aliphatic rings. The fourth-order valence-electron chi connectivity index (χ4n) is 3.69. The average molecular weight is 398 g/mol. The van der Waals surface area contributed by atoms with Crippen LogP contribution in [0.3, 0.4) is 0 Å². The third-order valence-electron chi connectivity index (χ3n) is 5.73. The van der Waals surface area contributed by atoms with Crippen molar-refractivity contribution in [2.45, 2.75) is 32.2 Å². The first-order valence-corrected chi connectivity index (χ1v) is 10.5. The number of hydrogen-bond acceptors (Lipinski definition) is 2. The van der Waals surface area contributed by atoms with E-state index in [9.17, 15) is 9.90 Å². The Labute approximate surface area is 178 Å². The van der Waals surface area contributed by atoms with Crippen LogP contribution >= 0.6 is 0 Å². The number of carbonyl (C=O) groups excluding carboxylic acids is 1. The Kier molecular flexibility index (Phi) is 5.99. The lowest BCUT2D eigenvalue weighted by atomic mass is 9.98. The summed E-state index contributed by atoms with van der Waals surface area (Å²) in [5.41, 5.74) is 5.59. The van der Waals surface area contributed by atoms with Crippen LogP contribution in [-0.2, 0) is 11.2 Å². The van der Waals surface area contributed by atoms with Crippen LogP contribution in [0.1, 0.15) is 42.5 Å². The van der Waals surface area contributed by atoms with E-state index in [4.69, 9.17) is 0 Å². The van der Waals surface area contributed by atoms with E-state index in [1.165, 1.54) is 24.8 Å². The van der Waals surface area contributed by atoms with Gasteiger partial charge in [-0.1, -0.05) is 78.9 Å². The molecule has 3 nitrogen and oxygen atoms in total. The average Bonchev–Trinajstić information content (AvgIpc) is 3.60. The van der Waals surface area contributed by atoms with Gasteiger partial charge in [-0.15, -0.1) is 0 Å². The highest BCUT2D eigenvalue weighted by Gasteiger charge is 2.21. The molecule has 1 aliphatic carbocycles. The van der Waals surface area contributed by atoms with E-state index in [1.807, 2.05) is 61.5 Å². The quantitative estimate of drug-likeness (QED) is 0.375. The fourth-order valence-corrected chi connectivity index (χ4v) is 3.69. The highest BCUT2D eigenvalue weighted by molar-refractivity contribution is 6.19. The molecular formula is C27H27NO2. The second-order valence-corrected chi connectivity index (χ2v) is 8.07. The zero-order valence-electron chi connectivity index (χ0n) is 17.2. The molecule has 0 heterocycles. The van der Waals surface area contributed by atoms with E-state index >= 15 is 0 Å². The molecule has 0 aliphatic heterocycles. The maximum atomic E-state index is 12.7. The van der Waals surface area contributed by atoms with E-state index in [1.54, 1.807) is 0 Å². The molecule has 3 aromatic rings. The van der Waals surface area contributed by atoms with Crippen molar-refractivity contribution in [3.8, 4) is 11.1 Å². The van der Waals surface area contributed by atoms with E-state index < -0.39 is 0 Å². The topological polar surface area (TPSA) is 49.3 Å². The number of aliphatic hydroxyl groups excluding tert-OH is 1. The summed E-state index contributed by atoms with van der Waals surface area (Å²) >= 11 is 0. The van der Waals surface area contributed by atoms with Crippen LogP contribution in [0.4, 0.5) is 0 Å². The lowest BCUT2D eigenvalue weighted by Gasteiger charge is -2.16. The van der Waals surface area contributed by atoms with Gasteiger partial charge in [0.1, 0.15) is 0 Å². The monoisotopic (exact) mass is 397 g/mol. The van der Waals surface area contributed by atoms with Crippen molar-refractivity contribution in [2.24, 2.45) is 5.92 Å². The highest BCUT2D eigenvalue weighted by Crippen LogP contribution is 2.33. The van der Waals surface area contributed by atoms with E-state index in [0.717, 1.165) is 28.9 Å². The first kappa shape index (κ1) is 20.0. The molecule has 0 unspecified atom stereocenters. The maximum absolute atomic E-state index is 12.7. The summed E-state index contributed by atoms with van der Waals surface area (Å²) in [4.78, 5) is 12.7. The zero-order valence-corrected chi connectivity index (χ0v) is 17.2.